The first-order valence-corrected chi connectivity index (χ1v) is 6.97. The average Bonchev–Trinajstić information content (AvgIpc) is 2.81. The van der Waals surface area contributed by atoms with Crippen LogP contribution in [0.25, 0.3) is 0 Å². The van der Waals surface area contributed by atoms with Crippen molar-refractivity contribution in [2.45, 2.75) is 19.4 Å². The van der Waals surface area contributed by atoms with Crippen LogP contribution in [0.5, 0.6) is 0 Å². The van der Waals surface area contributed by atoms with Crippen LogP contribution < -0.4 is 4.90 Å². The molecule has 0 fully saturated rings. The summed E-state index contributed by atoms with van der Waals surface area (Å²) in [5, 5.41) is 10.4. The molecule has 1 atom stereocenters. The van der Waals surface area contributed by atoms with Gasteiger partial charge in [-0.25, -0.2) is 4.39 Å². The van der Waals surface area contributed by atoms with Crippen molar-refractivity contribution in [1.82, 2.24) is 0 Å². The van der Waals surface area contributed by atoms with Crippen LogP contribution in [0, 0.1) is 5.82 Å². The molecule has 1 unspecified atom stereocenters. The third-order valence-electron chi connectivity index (χ3n) is 3.85. The Hall–Kier alpha value is -2.20. The van der Waals surface area contributed by atoms with Gasteiger partial charge in [0.25, 0.3) is 0 Å². The molecule has 1 heterocycles. The lowest BCUT2D eigenvalue weighted by Gasteiger charge is -2.16. The lowest BCUT2D eigenvalue weighted by molar-refractivity contribution is -0.117. The van der Waals surface area contributed by atoms with Gasteiger partial charge in [0.1, 0.15) is 11.9 Å². The second-order valence-electron chi connectivity index (χ2n) is 5.16. The first-order chi connectivity index (χ1) is 10.1. The molecule has 0 spiro atoms. The lowest BCUT2D eigenvalue weighted by Crippen LogP contribution is -2.25. The van der Waals surface area contributed by atoms with Gasteiger partial charge >= 0.3 is 0 Å². The summed E-state index contributed by atoms with van der Waals surface area (Å²) in [6, 6.07) is 11.3. The van der Waals surface area contributed by atoms with Crippen LogP contribution in [0.3, 0.4) is 0 Å². The number of amides is 1. The third-order valence-corrected chi connectivity index (χ3v) is 3.85. The number of carbonyl (C=O) groups is 1. The SMILES string of the molecule is CCN1C(=O)Cc2cc(C(O)c3ccc(F)cc3)ccc21. The smallest absolute Gasteiger partial charge is 0.231 e. The molecule has 0 aliphatic carbocycles. The fraction of sp³-hybridized carbons (Fsp3) is 0.235. The number of fused-ring (bicyclic) bond motifs is 1. The van der Waals surface area contributed by atoms with E-state index in [4.69, 9.17) is 0 Å². The summed E-state index contributed by atoms with van der Waals surface area (Å²) in [6.45, 7) is 2.58. The van der Waals surface area contributed by atoms with Crippen LogP contribution in [0.2, 0.25) is 0 Å². The van der Waals surface area contributed by atoms with Crippen molar-refractivity contribution >= 4 is 11.6 Å². The van der Waals surface area contributed by atoms with Crippen molar-refractivity contribution in [2.24, 2.45) is 0 Å². The summed E-state index contributed by atoms with van der Waals surface area (Å²) >= 11 is 0. The van der Waals surface area contributed by atoms with Crippen LogP contribution in [0.4, 0.5) is 10.1 Å². The number of aliphatic hydroxyl groups excluding tert-OH is 1. The van der Waals surface area contributed by atoms with Gasteiger partial charge in [0.15, 0.2) is 0 Å². The van der Waals surface area contributed by atoms with Gasteiger partial charge < -0.3 is 10.0 Å². The molecule has 108 valence electrons. The van der Waals surface area contributed by atoms with Gasteiger partial charge in [0.2, 0.25) is 5.91 Å². The van der Waals surface area contributed by atoms with Crippen LogP contribution in [-0.2, 0) is 11.2 Å². The van der Waals surface area contributed by atoms with E-state index >= 15 is 0 Å². The fourth-order valence-electron chi connectivity index (χ4n) is 2.76. The number of hydrogen-bond donors (Lipinski definition) is 1. The Morgan fingerprint density at radius 2 is 1.86 bits per heavy atom. The standard InChI is InChI=1S/C17H16FNO2/c1-2-19-15-8-5-12(9-13(15)10-16(19)20)17(21)11-3-6-14(18)7-4-11/h3-9,17,21H,2,10H2,1H3. The lowest BCUT2D eigenvalue weighted by atomic mass is 9.99. The maximum Gasteiger partial charge on any atom is 0.231 e. The number of carbonyl (C=O) groups excluding carboxylic acids is 1. The number of aliphatic hydroxyl groups is 1. The largest absolute Gasteiger partial charge is 0.384 e. The maximum absolute atomic E-state index is 12.9. The summed E-state index contributed by atoms with van der Waals surface area (Å²) in [5.74, 6) is -0.245. The van der Waals surface area contributed by atoms with E-state index in [0.29, 0.717) is 24.1 Å². The summed E-state index contributed by atoms with van der Waals surface area (Å²) in [6.07, 6.45) is -0.450. The molecule has 0 bridgehead atoms. The Morgan fingerprint density at radius 3 is 2.52 bits per heavy atom. The Balaban J connectivity index is 1.93. The molecule has 3 rings (SSSR count). The molecule has 1 aliphatic heterocycles. The highest BCUT2D eigenvalue weighted by molar-refractivity contribution is 6.01. The van der Waals surface area contributed by atoms with E-state index < -0.39 is 6.10 Å². The molecule has 0 aromatic heterocycles. The predicted molar refractivity (Wildman–Crippen MR) is 78.6 cm³/mol. The minimum atomic E-state index is -0.818. The third kappa shape index (κ3) is 2.43. The number of likely N-dealkylation sites (N-methyl/N-ethyl adjacent to an activating group) is 1. The van der Waals surface area contributed by atoms with Crippen LogP contribution in [0.1, 0.15) is 29.7 Å². The summed E-state index contributed by atoms with van der Waals surface area (Å²) in [4.78, 5) is 13.6. The van der Waals surface area contributed by atoms with E-state index in [0.717, 1.165) is 11.3 Å². The van der Waals surface area contributed by atoms with E-state index in [-0.39, 0.29) is 11.7 Å². The molecule has 1 aliphatic rings. The van der Waals surface area contributed by atoms with Crippen molar-refractivity contribution in [3.05, 3.63) is 65.0 Å². The number of benzene rings is 2. The Labute approximate surface area is 122 Å². The minimum absolute atomic E-state index is 0.0842. The monoisotopic (exact) mass is 285 g/mol. The maximum atomic E-state index is 12.9. The van der Waals surface area contributed by atoms with Gasteiger partial charge in [-0.2, -0.15) is 0 Å². The topological polar surface area (TPSA) is 40.5 Å². The molecule has 21 heavy (non-hydrogen) atoms. The summed E-state index contributed by atoms with van der Waals surface area (Å²) < 4.78 is 12.9. The van der Waals surface area contributed by atoms with E-state index in [1.807, 2.05) is 25.1 Å². The van der Waals surface area contributed by atoms with Gasteiger partial charge in [0, 0.05) is 12.2 Å². The quantitative estimate of drug-likeness (QED) is 0.942. The summed E-state index contributed by atoms with van der Waals surface area (Å²) in [7, 11) is 0. The van der Waals surface area contributed by atoms with Crippen molar-refractivity contribution < 1.29 is 14.3 Å². The Bertz CT molecular complexity index is 682. The molecule has 2 aromatic carbocycles. The highest BCUT2D eigenvalue weighted by Crippen LogP contribution is 2.32. The molecule has 3 nitrogen and oxygen atoms in total. The van der Waals surface area contributed by atoms with Gasteiger partial charge in [0.05, 0.1) is 6.42 Å². The zero-order valence-corrected chi connectivity index (χ0v) is 11.7. The van der Waals surface area contributed by atoms with Gasteiger partial charge in [-0.1, -0.05) is 24.3 Å². The molecular weight excluding hydrogens is 269 g/mol. The van der Waals surface area contributed by atoms with Crippen LogP contribution >= 0.6 is 0 Å². The molecule has 0 radical (unpaired) electrons. The first-order valence-electron chi connectivity index (χ1n) is 6.97. The molecule has 1 N–H and O–H groups in total. The normalized spacial score (nSPS) is 15.2. The fourth-order valence-corrected chi connectivity index (χ4v) is 2.76. The summed E-state index contributed by atoms with van der Waals surface area (Å²) in [5.41, 5.74) is 3.19. The molecule has 4 heteroatoms. The van der Waals surface area contributed by atoms with Crippen molar-refractivity contribution in [2.75, 3.05) is 11.4 Å². The molecular formula is C17H16FNO2. The zero-order valence-electron chi connectivity index (χ0n) is 11.7. The van der Waals surface area contributed by atoms with E-state index in [9.17, 15) is 14.3 Å². The number of hydrogen-bond acceptors (Lipinski definition) is 2. The average molecular weight is 285 g/mol. The van der Waals surface area contributed by atoms with Crippen molar-refractivity contribution in [1.29, 1.82) is 0 Å². The van der Waals surface area contributed by atoms with Crippen LogP contribution in [-0.4, -0.2) is 17.6 Å². The molecule has 0 saturated carbocycles. The van der Waals surface area contributed by atoms with E-state index in [1.165, 1.54) is 12.1 Å². The number of nitrogens with zero attached hydrogens (tertiary/aromatic N) is 1. The second-order valence-corrected chi connectivity index (χ2v) is 5.16. The highest BCUT2D eigenvalue weighted by Gasteiger charge is 2.26. The minimum Gasteiger partial charge on any atom is -0.384 e. The molecule has 1 amide bonds. The Morgan fingerprint density at radius 1 is 1.19 bits per heavy atom. The molecule has 2 aromatic rings. The van der Waals surface area contributed by atoms with Crippen LogP contribution in [0.15, 0.2) is 42.5 Å². The number of anilines is 1. The predicted octanol–water partition coefficient (Wildman–Crippen LogP) is 2.82. The first kappa shape index (κ1) is 13.8. The van der Waals surface area contributed by atoms with E-state index in [2.05, 4.69) is 0 Å². The van der Waals surface area contributed by atoms with Gasteiger partial charge in [-0.15, -0.1) is 0 Å². The van der Waals surface area contributed by atoms with Crippen molar-refractivity contribution in [3.8, 4) is 0 Å². The number of halogens is 1. The van der Waals surface area contributed by atoms with Gasteiger partial charge in [-0.05, 0) is 41.8 Å². The Kier molecular flexibility index (Phi) is 3.47. The number of rotatable bonds is 3. The highest BCUT2D eigenvalue weighted by atomic mass is 19.1. The second kappa shape index (κ2) is 5.30. The van der Waals surface area contributed by atoms with Crippen molar-refractivity contribution in [3.63, 3.8) is 0 Å². The molecule has 0 saturated heterocycles. The van der Waals surface area contributed by atoms with Gasteiger partial charge in [-0.3, -0.25) is 4.79 Å². The zero-order chi connectivity index (χ0) is 15.0. The van der Waals surface area contributed by atoms with E-state index in [1.54, 1.807) is 17.0 Å².